The van der Waals surface area contributed by atoms with Crippen LogP contribution in [0.5, 0.6) is 5.75 Å². The second-order valence-corrected chi connectivity index (χ2v) is 5.62. The van der Waals surface area contributed by atoms with Crippen LogP contribution in [0.25, 0.3) is 0 Å². The lowest BCUT2D eigenvalue weighted by molar-refractivity contribution is -0.159. The molecule has 2 aromatic rings. The van der Waals surface area contributed by atoms with Crippen molar-refractivity contribution in [2.24, 2.45) is 0 Å². The topological polar surface area (TPSA) is 78.9 Å². The van der Waals surface area contributed by atoms with Crippen LogP contribution in [0.4, 0.5) is 0 Å². The van der Waals surface area contributed by atoms with Crippen LogP contribution in [0.15, 0.2) is 54.6 Å². The third kappa shape index (κ3) is 5.67. The number of hydrogen-bond donors (Lipinski definition) is 0. The first kappa shape index (κ1) is 20.2. The van der Waals surface area contributed by atoms with Crippen molar-refractivity contribution in [2.75, 3.05) is 13.2 Å². The molecule has 0 spiro atoms. The van der Waals surface area contributed by atoms with Gasteiger partial charge in [0.2, 0.25) is 0 Å². The fourth-order valence-electron chi connectivity index (χ4n) is 2.46. The van der Waals surface area contributed by atoms with Gasteiger partial charge in [0.15, 0.2) is 5.92 Å². The summed E-state index contributed by atoms with van der Waals surface area (Å²) >= 11 is 0. The molecule has 2 aromatic carbocycles. The number of rotatable bonds is 9. The van der Waals surface area contributed by atoms with Gasteiger partial charge in [0.1, 0.15) is 12.4 Å². The SMILES string of the molecule is CCOC(=O)C(=O)C(C(=O)OCC)c1cccc(OCc2ccccc2)c1. The third-order valence-electron chi connectivity index (χ3n) is 3.70. The quantitative estimate of drug-likeness (QED) is 0.383. The first-order valence-corrected chi connectivity index (χ1v) is 8.71. The molecule has 6 nitrogen and oxygen atoms in total. The van der Waals surface area contributed by atoms with Gasteiger partial charge in [-0.3, -0.25) is 9.59 Å². The molecule has 1 unspecified atom stereocenters. The van der Waals surface area contributed by atoms with Gasteiger partial charge >= 0.3 is 11.9 Å². The Morgan fingerprint density at radius 1 is 0.889 bits per heavy atom. The summed E-state index contributed by atoms with van der Waals surface area (Å²) in [6.45, 7) is 3.68. The zero-order valence-electron chi connectivity index (χ0n) is 15.3. The van der Waals surface area contributed by atoms with Crippen molar-refractivity contribution < 1.29 is 28.6 Å². The second kappa shape index (κ2) is 10.1. The first-order chi connectivity index (χ1) is 13.1. The molecule has 0 amide bonds. The summed E-state index contributed by atoms with van der Waals surface area (Å²) in [6.07, 6.45) is 0. The number of carbonyl (C=O) groups excluding carboxylic acids is 3. The van der Waals surface area contributed by atoms with E-state index in [2.05, 4.69) is 0 Å². The Kier molecular flexibility index (Phi) is 7.55. The number of benzene rings is 2. The highest BCUT2D eigenvalue weighted by atomic mass is 16.5. The van der Waals surface area contributed by atoms with Crippen LogP contribution in [-0.2, 0) is 30.5 Å². The minimum atomic E-state index is -1.38. The average Bonchev–Trinajstić information content (AvgIpc) is 2.68. The monoisotopic (exact) mass is 370 g/mol. The minimum Gasteiger partial charge on any atom is -0.489 e. The molecule has 142 valence electrons. The number of Topliss-reactive ketones (excluding diaryl/α,β-unsaturated/α-hetero) is 1. The predicted molar refractivity (Wildman–Crippen MR) is 98.2 cm³/mol. The van der Waals surface area contributed by atoms with Crippen LogP contribution in [0.3, 0.4) is 0 Å². The Labute approximate surface area is 158 Å². The molecule has 1 atom stereocenters. The fraction of sp³-hybridized carbons (Fsp3) is 0.286. The maximum atomic E-state index is 12.4. The van der Waals surface area contributed by atoms with Crippen LogP contribution >= 0.6 is 0 Å². The van der Waals surface area contributed by atoms with Gasteiger partial charge in [-0.15, -0.1) is 0 Å². The predicted octanol–water partition coefficient (Wildman–Crippen LogP) is 3.04. The van der Waals surface area contributed by atoms with E-state index in [4.69, 9.17) is 14.2 Å². The van der Waals surface area contributed by atoms with Crippen molar-refractivity contribution in [3.63, 3.8) is 0 Å². The minimum absolute atomic E-state index is 0.0420. The smallest absolute Gasteiger partial charge is 0.375 e. The lowest BCUT2D eigenvalue weighted by Crippen LogP contribution is -2.31. The Bertz CT molecular complexity index is 784. The van der Waals surface area contributed by atoms with Gasteiger partial charge in [0.05, 0.1) is 13.2 Å². The van der Waals surface area contributed by atoms with E-state index < -0.39 is 23.6 Å². The Morgan fingerprint density at radius 2 is 1.59 bits per heavy atom. The van der Waals surface area contributed by atoms with Crippen molar-refractivity contribution in [1.29, 1.82) is 0 Å². The zero-order chi connectivity index (χ0) is 19.6. The largest absolute Gasteiger partial charge is 0.489 e. The molecule has 0 radical (unpaired) electrons. The van der Waals surface area contributed by atoms with Crippen molar-refractivity contribution in [1.82, 2.24) is 0 Å². The highest BCUT2D eigenvalue weighted by molar-refractivity contribution is 6.39. The molecule has 0 fully saturated rings. The van der Waals surface area contributed by atoms with E-state index in [9.17, 15) is 14.4 Å². The Morgan fingerprint density at radius 3 is 2.26 bits per heavy atom. The molecule has 0 aromatic heterocycles. The summed E-state index contributed by atoms with van der Waals surface area (Å²) in [5.74, 6) is -3.73. The molecule has 0 aliphatic rings. The van der Waals surface area contributed by atoms with Gasteiger partial charge in [-0.2, -0.15) is 0 Å². The molecule has 0 N–H and O–H groups in total. The van der Waals surface area contributed by atoms with Crippen LogP contribution in [-0.4, -0.2) is 30.9 Å². The van der Waals surface area contributed by atoms with Crippen molar-refractivity contribution >= 4 is 17.7 Å². The van der Waals surface area contributed by atoms with Crippen LogP contribution in [0.1, 0.15) is 30.9 Å². The van der Waals surface area contributed by atoms with Gasteiger partial charge in [-0.1, -0.05) is 42.5 Å². The average molecular weight is 370 g/mol. The van der Waals surface area contributed by atoms with Gasteiger partial charge in [-0.05, 0) is 37.1 Å². The maximum absolute atomic E-state index is 12.4. The molecule has 0 saturated heterocycles. The molecule has 0 saturated carbocycles. The first-order valence-electron chi connectivity index (χ1n) is 8.71. The lowest BCUT2D eigenvalue weighted by atomic mass is 9.94. The summed E-state index contributed by atoms with van der Waals surface area (Å²) in [6, 6.07) is 16.1. The zero-order valence-corrected chi connectivity index (χ0v) is 15.3. The Balaban J connectivity index is 2.23. The van der Waals surface area contributed by atoms with Crippen molar-refractivity contribution in [3.05, 3.63) is 65.7 Å². The van der Waals surface area contributed by atoms with Crippen LogP contribution < -0.4 is 4.74 Å². The van der Waals surface area contributed by atoms with Crippen molar-refractivity contribution in [3.8, 4) is 5.75 Å². The van der Waals surface area contributed by atoms with E-state index in [1.54, 1.807) is 38.1 Å². The third-order valence-corrected chi connectivity index (χ3v) is 3.70. The molecule has 27 heavy (non-hydrogen) atoms. The molecule has 2 rings (SSSR count). The van der Waals surface area contributed by atoms with E-state index in [0.717, 1.165) is 5.56 Å². The number of hydrogen-bond acceptors (Lipinski definition) is 6. The summed E-state index contributed by atoms with van der Waals surface area (Å²) in [5.41, 5.74) is 1.30. The number of esters is 2. The van der Waals surface area contributed by atoms with Gasteiger partial charge in [0, 0.05) is 0 Å². The van der Waals surface area contributed by atoms with E-state index in [0.29, 0.717) is 17.9 Å². The fourth-order valence-corrected chi connectivity index (χ4v) is 2.46. The Hall–Kier alpha value is -3.15. The number of carbonyl (C=O) groups is 3. The van der Waals surface area contributed by atoms with Crippen LogP contribution in [0.2, 0.25) is 0 Å². The molecule has 0 heterocycles. The van der Waals surface area contributed by atoms with Gasteiger partial charge in [-0.25, -0.2) is 4.79 Å². The standard InChI is InChI=1S/C21H22O6/c1-3-25-20(23)18(19(22)21(24)26-4-2)16-11-8-12-17(13-16)27-14-15-9-6-5-7-10-15/h5-13,18H,3-4,14H2,1-2H3. The molecule has 6 heteroatoms. The molecule has 0 aliphatic heterocycles. The summed E-state index contributed by atoms with van der Waals surface area (Å²) in [7, 11) is 0. The highest BCUT2D eigenvalue weighted by Gasteiger charge is 2.35. The molecular weight excluding hydrogens is 348 g/mol. The van der Waals surface area contributed by atoms with E-state index >= 15 is 0 Å². The summed E-state index contributed by atoms with van der Waals surface area (Å²) in [5, 5.41) is 0. The molecular formula is C21H22O6. The van der Waals surface area contributed by atoms with E-state index in [1.165, 1.54) is 0 Å². The number of ketones is 1. The maximum Gasteiger partial charge on any atom is 0.375 e. The van der Waals surface area contributed by atoms with Gasteiger partial charge < -0.3 is 14.2 Å². The van der Waals surface area contributed by atoms with Crippen molar-refractivity contribution in [2.45, 2.75) is 26.4 Å². The molecule has 0 bridgehead atoms. The van der Waals surface area contributed by atoms with E-state index in [-0.39, 0.29) is 13.2 Å². The number of ether oxygens (including phenoxy) is 3. The van der Waals surface area contributed by atoms with Crippen LogP contribution in [0, 0.1) is 0 Å². The highest BCUT2D eigenvalue weighted by Crippen LogP contribution is 2.24. The second-order valence-electron chi connectivity index (χ2n) is 5.62. The normalized spacial score (nSPS) is 11.3. The summed E-state index contributed by atoms with van der Waals surface area (Å²) < 4.78 is 15.4. The van der Waals surface area contributed by atoms with E-state index in [1.807, 2.05) is 30.3 Å². The summed E-state index contributed by atoms with van der Waals surface area (Å²) in [4.78, 5) is 36.6. The van der Waals surface area contributed by atoms with Gasteiger partial charge in [0.25, 0.3) is 5.78 Å². The lowest BCUT2D eigenvalue weighted by Gasteiger charge is -2.15. The molecule has 0 aliphatic carbocycles.